The molecule has 4 heteroatoms. The molecule has 0 saturated carbocycles. The molecule has 2 aromatic carbocycles. The lowest BCUT2D eigenvalue weighted by atomic mass is 9.88. The highest BCUT2D eigenvalue weighted by Gasteiger charge is 2.36. The van der Waals surface area contributed by atoms with Crippen molar-refractivity contribution < 1.29 is 18.8 Å². The number of carbonyl (C=O) groups excluding carboxylic acids is 1. The van der Waals surface area contributed by atoms with Crippen LogP contribution in [0.5, 0.6) is 11.5 Å². The first-order valence-corrected chi connectivity index (χ1v) is 10.5. The summed E-state index contributed by atoms with van der Waals surface area (Å²) < 4.78 is 13.1. The van der Waals surface area contributed by atoms with E-state index in [0.29, 0.717) is 0 Å². The van der Waals surface area contributed by atoms with Crippen LogP contribution in [0.15, 0.2) is 48.5 Å². The molecule has 1 aliphatic rings. The Balaban J connectivity index is 1.88. The summed E-state index contributed by atoms with van der Waals surface area (Å²) in [5, 5.41) is 0. The van der Waals surface area contributed by atoms with E-state index >= 15 is 0 Å². The number of nitrogens with zero attached hydrogens (tertiary/aromatic N) is 1. The van der Waals surface area contributed by atoms with Crippen LogP contribution >= 0.6 is 0 Å². The summed E-state index contributed by atoms with van der Waals surface area (Å²) >= 11 is 0. The van der Waals surface area contributed by atoms with E-state index in [9.17, 15) is 4.79 Å². The second-order valence-electron chi connectivity index (χ2n) is 7.55. The van der Waals surface area contributed by atoms with Crippen LogP contribution in [0.3, 0.4) is 0 Å². The van der Waals surface area contributed by atoms with Gasteiger partial charge in [-0.3, -0.25) is 4.79 Å². The lowest BCUT2D eigenvalue weighted by Crippen LogP contribution is -2.52. The normalized spacial score (nSPS) is 14.6. The molecule has 150 valence electrons. The summed E-state index contributed by atoms with van der Waals surface area (Å²) in [6.07, 6.45) is 0.729. The van der Waals surface area contributed by atoms with Gasteiger partial charge in [0.05, 0.1) is 19.6 Å². The van der Waals surface area contributed by atoms with Crippen LogP contribution in [-0.4, -0.2) is 42.7 Å². The zero-order chi connectivity index (χ0) is 20.1. The molecule has 0 aromatic heterocycles. The fourth-order valence-electron chi connectivity index (χ4n) is 4.14. The van der Waals surface area contributed by atoms with Crippen molar-refractivity contribution in [2.24, 2.45) is 0 Å². The van der Waals surface area contributed by atoms with Crippen molar-refractivity contribution in [1.29, 1.82) is 0 Å². The van der Waals surface area contributed by atoms with Crippen LogP contribution in [0.25, 0.3) is 0 Å². The highest BCUT2D eigenvalue weighted by Crippen LogP contribution is 2.44. The van der Waals surface area contributed by atoms with Crippen LogP contribution in [-0.2, 0) is 9.53 Å². The fraction of sp³-hybridized carbons (Fsp3) is 0.458. The molecule has 0 bridgehead atoms. The van der Waals surface area contributed by atoms with Gasteiger partial charge in [0.2, 0.25) is 0 Å². The van der Waals surface area contributed by atoms with Crippen molar-refractivity contribution >= 4 is 5.97 Å². The van der Waals surface area contributed by atoms with Crippen molar-refractivity contribution in [3.8, 4) is 11.5 Å². The minimum absolute atomic E-state index is 0.0884. The van der Waals surface area contributed by atoms with E-state index < -0.39 is 5.92 Å². The maximum absolute atomic E-state index is 13.4. The van der Waals surface area contributed by atoms with Gasteiger partial charge in [-0.15, -0.1) is 0 Å². The topological polar surface area (TPSA) is 35.5 Å². The Kier molecular flexibility index (Phi) is 6.40. The molecule has 0 aliphatic carbocycles. The number of carbonyl (C=O) groups is 1. The smallest absolute Gasteiger partial charge is 0.318 e. The average Bonchev–Trinajstić information content (AvgIpc) is 2.75. The third-order valence-corrected chi connectivity index (χ3v) is 6.26. The lowest BCUT2D eigenvalue weighted by molar-refractivity contribution is -0.925. The molecule has 1 unspecified atom stereocenters. The van der Waals surface area contributed by atoms with Crippen LogP contribution in [0.2, 0.25) is 0 Å². The molecule has 28 heavy (non-hydrogen) atoms. The molecule has 1 atom stereocenters. The number of fused-ring (bicyclic) bond motifs is 2. The summed E-state index contributed by atoms with van der Waals surface area (Å²) in [4.78, 5) is 13.4. The molecule has 0 fully saturated rings. The number of para-hydroxylation sites is 2. The summed E-state index contributed by atoms with van der Waals surface area (Å²) in [5.41, 5.74) is 1.76. The van der Waals surface area contributed by atoms with E-state index in [1.165, 1.54) is 0 Å². The van der Waals surface area contributed by atoms with E-state index in [1.807, 2.05) is 48.5 Å². The van der Waals surface area contributed by atoms with Crippen molar-refractivity contribution in [2.75, 3.05) is 26.2 Å². The van der Waals surface area contributed by atoms with Gasteiger partial charge in [0, 0.05) is 11.1 Å². The van der Waals surface area contributed by atoms with Gasteiger partial charge in [-0.2, -0.15) is 0 Å². The van der Waals surface area contributed by atoms with Gasteiger partial charge in [-0.05, 0) is 39.3 Å². The fourth-order valence-corrected chi connectivity index (χ4v) is 4.14. The van der Waals surface area contributed by atoms with E-state index in [-0.39, 0.29) is 12.1 Å². The van der Waals surface area contributed by atoms with Gasteiger partial charge < -0.3 is 14.0 Å². The predicted molar refractivity (Wildman–Crippen MR) is 112 cm³/mol. The van der Waals surface area contributed by atoms with Gasteiger partial charge in [-0.25, -0.2) is 0 Å². The molecule has 0 radical (unpaired) electrons. The molecular weight excluding hydrogens is 350 g/mol. The van der Waals surface area contributed by atoms with Crippen molar-refractivity contribution in [3.05, 3.63) is 59.7 Å². The molecular formula is C24H32NO3+. The number of hydrogen-bond donors (Lipinski definition) is 0. The summed E-state index contributed by atoms with van der Waals surface area (Å²) in [5.74, 6) is 0.840. The van der Waals surface area contributed by atoms with Gasteiger partial charge in [0.25, 0.3) is 0 Å². The average molecular weight is 383 g/mol. The van der Waals surface area contributed by atoms with Crippen LogP contribution < -0.4 is 4.74 Å². The number of benzene rings is 2. The second-order valence-corrected chi connectivity index (χ2v) is 7.55. The van der Waals surface area contributed by atoms with E-state index in [1.54, 1.807) is 0 Å². The van der Waals surface area contributed by atoms with Crippen LogP contribution in [0, 0.1) is 0 Å². The first-order chi connectivity index (χ1) is 13.6. The number of esters is 1. The summed E-state index contributed by atoms with van der Waals surface area (Å²) in [6.45, 7) is 12.7. The number of ether oxygens (including phenoxy) is 2. The zero-order valence-corrected chi connectivity index (χ0v) is 17.5. The van der Waals surface area contributed by atoms with E-state index in [4.69, 9.17) is 9.47 Å². The Hall–Kier alpha value is -2.33. The first-order valence-electron chi connectivity index (χ1n) is 10.5. The Morgan fingerprint density at radius 2 is 1.43 bits per heavy atom. The molecule has 4 nitrogen and oxygen atoms in total. The predicted octanol–water partition coefficient (Wildman–Crippen LogP) is 5.12. The first kappa shape index (κ1) is 20.4. The maximum Gasteiger partial charge on any atom is 0.318 e. The van der Waals surface area contributed by atoms with Gasteiger partial charge in [0.15, 0.2) is 6.10 Å². The minimum Gasteiger partial charge on any atom is -0.457 e. The second kappa shape index (κ2) is 8.78. The third-order valence-electron chi connectivity index (χ3n) is 6.26. The molecule has 3 rings (SSSR count). The highest BCUT2D eigenvalue weighted by atomic mass is 16.5. The Morgan fingerprint density at radius 3 is 1.89 bits per heavy atom. The summed E-state index contributed by atoms with van der Waals surface area (Å²) in [7, 11) is 0. The standard InChI is InChI=1S/C24H32NO3/c1-5-18(17-25(6-2,7-3)8-4)27-24(26)23-19-13-9-11-15-21(19)28-22-16-12-10-14-20(22)23/h9-16,18,23H,5-8,17H2,1-4H3/q+1. The SMILES string of the molecule is CCC(C[N+](CC)(CC)CC)OC(=O)C1c2ccccc2Oc2ccccc21. The molecule has 0 saturated heterocycles. The monoisotopic (exact) mass is 382 g/mol. The van der Waals surface area contributed by atoms with Crippen LogP contribution in [0.4, 0.5) is 0 Å². The Morgan fingerprint density at radius 1 is 0.929 bits per heavy atom. The minimum atomic E-state index is -0.443. The highest BCUT2D eigenvalue weighted by molar-refractivity contribution is 5.85. The zero-order valence-electron chi connectivity index (χ0n) is 17.5. The quantitative estimate of drug-likeness (QED) is 0.469. The number of hydrogen-bond acceptors (Lipinski definition) is 3. The van der Waals surface area contributed by atoms with Crippen molar-refractivity contribution in [3.63, 3.8) is 0 Å². The molecule has 0 amide bonds. The van der Waals surface area contributed by atoms with Crippen molar-refractivity contribution in [1.82, 2.24) is 0 Å². The lowest BCUT2D eigenvalue weighted by Gasteiger charge is -2.38. The Labute approximate surface area is 168 Å². The number of rotatable bonds is 8. The maximum atomic E-state index is 13.4. The third kappa shape index (κ3) is 3.93. The number of quaternary nitrogens is 1. The molecule has 1 heterocycles. The van der Waals surface area contributed by atoms with Gasteiger partial charge in [0.1, 0.15) is 24.0 Å². The molecule has 0 spiro atoms. The summed E-state index contributed by atoms with van der Waals surface area (Å²) in [6, 6.07) is 15.5. The largest absolute Gasteiger partial charge is 0.457 e. The van der Waals surface area contributed by atoms with Gasteiger partial charge >= 0.3 is 5.97 Å². The number of likely N-dealkylation sites (N-methyl/N-ethyl adjacent to an activating group) is 1. The van der Waals surface area contributed by atoms with E-state index in [2.05, 4.69) is 27.7 Å². The Bertz CT molecular complexity index is 759. The molecule has 0 N–H and O–H groups in total. The van der Waals surface area contributed by atoms with Crippen LogP contribution in [0.1, 0.15) is 51.2 Å². The molecule has 2 aromatic rings. The van der Waals surface area contributed by atoms with Crippen molar-refractivity contribution in [2.45, 2.75) is 46.1 Å². The van der Waals surface area contributed by atoms with Gasteiger partial charge in [-0.1, -0.05) is 43.3 Å². The van der Waals surface area contributed by atoms with E-state index in [0.717, 1.165) is 59.7 Å². The molecule has 1 aliphatic heterocycles.